The van der Waals surface area contributed by atoms with Gasteiger partial charge in [0.2, 0.25) is 0 Å². The van der Waals surface area contributed by atoms with Crippen molar-refractivity contribution in [1.29, 1.82) is 0 Å². The highest BCUT2D eigenvalue weighted by Gasteiger charge is 2.23. The fraction of sp³-hybridized carbons (Fsp3) is 0.176. The van der Waals surface area contributed by atoms with Crippen LogP contribution < -0.4 is 5.32 Å². The van der Waals surface area contributed by atoms with Crippen LogP contribution in [0.2, 0.25) is 0 Å². The average Bonchev–Trinajstić information content (AvgIpc) is 3.18. The molecule has 2 heterocycles. The Morgan fingerprint density at radius 3 is 2.60 bits per heavy atom. The summed E-state index contributed by atoms with van der Waals surface area (Å²) in [6.07, 6.45) is 0.675. The van der Waals surface area contributed by atoms with Gasteiger partial charge in [-0.3, -0.25) is 10.1 Å². The molecule has 0 bridgehead atoms. The molecular formula is C17H15N3O4S. The summed E-state index contributed by atoms with van der Waals surface area (Å²) in [5, 5.41) is 15.4. The van der Waals surface area contributed by atoms with E-state index in [1.165, 1.54) is 11.3 Å². The Labute approximate surface area is 147 Å². The molecule has 0 spiro atoms. The number of aliphatic carboxylic acids is 1. The number of amides is 1. The third kappa shape index (κ3) is 3.29. The minimum absolute atomic E-state index is 0.235. The molecule has 8 heteroatoms. The van der Waals surface area contributed by atoms with Crippen LogP contribution in [0.4, 0.5) is 5.13 Å². The van der Waals surface area contributed by atoms with E-state index in [9.17, 15) is 9.59 Å². The molecule has 128 valence electrons. The van der Waals surface area contributed by atoms with Crippen molar-refractivity contribution >= 4 is 28.3 Å². The number of nitrogens with one attached hydrogen (secondary N) is 1. The minimum Gasteiger partial charge on any atom is -0.474 e. The van der Waals surface area contributed by atoms with E-state index >= 15 is 0 Å². The minimum atomic E-state index is -1.55. The normalized spacial score (nSPS) is 10.6. The number of hydrogen-bond acceptors (Lipinski definition) is 6. The zero-order valence-electron chi connectivity index (χ0n) is 13.6. The van der Waals surface area contributed by atoms with Crippen LogP contribution in [0, 0.1) is 6.92 Å². The van der Waals surface area contributed by atoms with Crippen molar-refractivity contribution in [2.75, 3.05) is 5.32 Å². The van der Waals surface area contributed by atoms with Crippen molar-refractivity contribution in [3.8, 4) is 22.5 Å². The summed E-state index contributed by atoms with van der Waals surface area (Å²) in [4.78, 5) is 27.4. The Bertz CT molecular complexity index is 931. The molecule has 0 unspecified atom stereocenters. The molecule has 1 aromatic carbocycles. The highest BCUT2D eigenvalue weighted by molar-refractivity contribution is 7.16. The Balaban J connectivity index is 2.08. The smallest absolute Gasteiger partial charge is 0.394 e. The lowest BCUT2D eigenvalue weighted by Crippen LogP contribution is -2.21. The first-order valence-corrected chi connectivity index (χ1v) is 8.39. The second kappa shape index (κ2) is 6.86. The van der Waals surface area contributed by atoms with E-state index in [1.54, 1.807) is 6.92 Å². The van der Waals surface area contributed by atoms with Crippen molar-refractivity contribution in [1.82, 2.24) is 10.1 Å². The summed E-state index contributed by atoms with van der Waals surface area (Å²) in [6, 6.07) is 9.57. The van der Waals surface area contributed by atoms with Gasteiger partial charge in [0.15, 0.2) is 5.13 Å². The van der Waals surface area contributed by atoms with Gasteiger partial charge in [-0.25, -0.2) is 9.78 Å². The molecule has 0 saturated heterocycles. The van der Waals surface area contributed by atoms with Gasteiger partial charge >= 0.3 is 11.9 Å². The highest BCUT2D eigenvalue weighted by atomic mass is 32.1. The van der Waals surface area contributed by atoms with E-state index in [1.807, 2.05) is 37.3 Å². The third-order valence-corrected chi connectivity index (χ3v) is 4.70. The molecule has 3 rings (SSSR count). The van der Waals surface area contributed by atoms with Crippen molar-refractivity contribution in [3.05, 3.63) is 41.0 Å². The number of carbonyl (C=O) groups excluding carboxylic acids is 1. The topological polar surface area (TPSA) is 105 Å². The van der Waals surface area contributed by atoms with Crippen LogP contribution in [-0.4, -0.2) is 27.1 Å². The standard InChI is InChI=1S/C17H15N3O4S/c1-3-11-14(18-17(25-11)19-15(21)16(22)23)12-9(2)24-20-13(12)10-7-5-4-6-8-10/h4-8H,3H2,1-2H3,(H,22,23)(H,18,19,21). The first-order valence-electron chi connectivity index (χ1n) is 7.57. The third-order valence-electron chi connectivity index (χ3n) is 3.58. The molecule has 0 radical (unpaired) electrons. The summed E-state index contributed by atoms with van der Waals surface area (Å²) in [7, 11) is 0. The Hall–Kier alpha value is -3.00. The van der Waals surface area contributed by atoms with E-state index in [2.05, 4.69) is 15.5 Å². The first kappa shape index (κ1) is 16.8. The number of carbonyl (C=O) groups is 2. The number of rotatable bonds is 4. The molecule has 0 saturated carbocycles. The number of benzene rings is 1. The number of carboxylic acid groups (broad SMARTS) is 1. The van der Waals surface area contributed by atoms with E-state index in [0.29, 0.717) is 23.6 Å². The second-order valence-electron chi connectivity index (χ2n) is 5.23. The monoisotopic (exact) mass is 357 g/mol. The molecule has 7 nitrogen and oxygen atoms in total. The molecule has 0 aliphatic heterocycles. The lowest BCUT2D eigenvalue weighted by atomic mass is 10.0. The fourth-order valence-corrected chi connectivity index (χ4v) is 3.34. The molecule has 3 aromatic rings. The quantitative estimate of drug-likeness (QED) is 0.694. The molecule has 2 N–H and O–H groups in total. The molecule has 0 atom stereocenters. The summed E-state index contributed by atoms with van der Waals surface area (Å²) in [6.45, 7) is 3.76. The van der Waals surface area contributed by atoms with Gasteiger partial charge in [-0.2, -0.15) is 0 Å². The predicted octanol–water partition coefficient (Wildman–Crippen LogP) is 3.36. The van der Waals surface area contributed by atoms with Gasteiger partial charge in [0.25, 0.3) is 0 Å². The fourth-order valence-electron chi connectivity index (χ4n) is 2.43. The lowest BCUT2D eigenvalue weighted by Gasteiger charge is -2.02. The van der Waals surface area contributed by atoms with Gasteiger partial charge in [0.05, 0.1) is 11.3 Å². The Morgan fingerprint density at radius 1 is 1.24 bits per heavy atom. The number of aromatic nitrogens is 2. The van der Waals surface area contributed by atoms with Crippen LogP contribution in [0.15, 0.2) is 34.9 Å². The molecule has 0 aliphatic rings. The zero-order valence-corrected chi connectivity index (χ0v) is 14.4. The predicted molar refractivity (Wildman–Crippen MR) is 93.4 cm³/mol. The summed E-state index contributed by atoms with van der Waals surface area (Å²) < 4.78 is 5.37. The lowest BCUT2D eigenvalue weighted by molar-refractivity contribution is -0.147. The van der Waals surface area contributed by atoms with Gasteiger partial charge in [0, 0.05) is 10.4 Å². The highest BCUT2D eigenvalue weighted by Crippen LogP contribution is 2.39. The van der Waals surface area contributed by atoms with E-state index < -0.39 is 11.9 Å². The van der Waals surface area contributed by atoms with Crippen LogP contribution in [-0.2, 0) is 16.0 Å². The number of aryl methyl sites for hydroxylation is 2. The van der Waals surface area contributed by atoms with Gasteiger partial charge in [-0.05, 0) is 13.3 Å². The van der Waals surface area contributed by atoms with Crippen LogP contribution in [0.1, 0.15) is 17.6 Å². The van der Waals surface area contributed by atoms with Crippen molar-refractivity contribution in [2.24, 2.45) is 0 Å². The number of carboxylic acids is 1. The molecule has 2 aromatic heterocycles. The summed E-state index contributed by atoms with van der Waals surface area (Å²) in [5.74, 6) is -2.07. The number of hydrogen-bond donors (Lipinski definition) is 2. The summed E-state index contributed by atoms with van der Waals surface area (Å²) in [5.41, 5.74) is 2.94. The maximum Gasteiger partial charge on any atom is 0.394 e. The molecular weight excluding hydrogens is 342 g/mol. The van der Waals surface area contributed by atoms with E-state index in [-0.39, 0.29) is 5.13 Å². The second-order valence-corrected chi connectivity index (χ2v) is 6.32. The average molecular weight is 357 g/mol. The maximum atomic E-state index is 11.4. The molecule has 0 aliphatic carbocycles. The zero-order chi connectivity index (χ0) is 18.0. The number of thiazole rings is 1. The first-order chi connectivity index (χ1) is 12.0. The maximum absolute atomic E-state index is 11.4. The van der Waals surface area contributed by atoms with Gasteiger partial charge in [-0.1, -0.05) is 42.4 Å². The van der Waals surface area contributed by atoms with Crippen LogP contribution in [0.25, 0.3) is 22.5 Å². The van der Waals surface area contributed by atoms with Crippen LogP contribution in [0.3, 0.4) is 0 Å². The van der Waals surface area contributed by atoms with Crippen molar-refractivity contribution < 1.29 is 19.2 Å². The van der Waals surface area contributed by atoms with Gasteiger partial charge in [0.1, 0.15) is 11.5 Å². The Kier molecular flexibility index (Phi) is 4.62. The number of nitrogens with zero attached hydrogens (tertiary/aromatic N) is 2. The Morgan fingerprint density at radius 2 is 1.96 bits per heavy atom. The van der Waals surface area contributed by atoms with E-state index in [4.69, 9.17) is 9.63 Å². The van der Waals surface area contributed by atoms with E-state index in [0.717, 1.165) is 16.0 Å². The van der Waals surface area contributed by atoms with Crippen molar-refractivity contribution in [3.63, 3.8) is 0 Å². The molecule has 0 fully saturated rings. The molecule has 1 amide bonds. The SMILES string of the molecule is CCc1sc(NC(=O)C(=O)O)nc1-c1c(-c2ccccc2)noc1C. The largest absolute Gasteiger partial charge is 0.474 e. The molecule has 25 heavy (non-hydrogen) atoms. The summed E-state index contributed by atoms with van der Waals surface area (Å²) >= 11 is 1.24. The van der Waals surface area contributed by atoms with Gasteiger partial charge in [-0.15, -0.1) is 11.3 Å². The van der Waals surface area contributed by atoms with Crippen LogP contribution in [0.5, 0.6) is 0 Å². The number of anilines is 1. The van der Waals surface area contributed by atoms with Crippen molar-refractivity contribution in [2.45, 2.75) is 20.3 Å². The van der Waals surface area contributed by atoms with Crippen LogP contribution >= 0.6 is 11.3 Å². The van der Waals surface area contributed by atoms with Gasteiger partial charge < -0.3 is 9.63 Å².